The number of imidazole rings is 1. The third-order valence-electron chi connectivity index (χ3n) is 1.12. The largest absolute Gasteiger partial charge is 0.330 e. The van der Waals surface area contributed by atoms with Crippen molar-refractivity contribution in [1.82, 2.24) is 9.97 Å². The number of hydrogen-bond donors (Lipinski definition) is 2. The zero-order chi connectivity index (χ0) is 10.8. The van der Waals surface area contributed by atoms with Gasteiger partial charge in [-0.3, -0.25) is 4.72 Å². The van der Waals surface area contributed by atoms with E-state index in [1.165, 1.54) is 12.4 Å². The van der Waals surface area contributed by atoms with Crippen LogP contribution in [-0.4, -0.2) is 38.1 Å². The number of anilines is 1. The van der Waals surface area contributed by atoms with Crippen LogP contribution in [0.2, 0.25) is 0 Å². The summed E-state index contributed by atoms with van der Waals surface area (Å²) in [6.45, 7) is 0. The van der Waals surface area contributed by atoms with Gasteiger partial charge in [0.15, 0.2) is 14.9 Å². The van der Waals surface area contributed by atoms with Crippen LogP contribution < -0.4 is 4.72 Å². The molecule has 0 saturated heterocycles. The Hall–Kier alpha value is -1.09. The van der Waals surface area contributed by atoms with Crippen molar-refractivity contribution < 1.29 is 16.8 Å². The molecule has 7 nitrogen and oxygen atoms in total. The van der Waals surface area contributed by atoms with Crippen molar-refractivity contribution in [3.8, 4) is 0 Å². The summed E-state index contributed by atoms with van der Waals surface area (Å²) in [6, 6.07) is 0. The van der Waals surface area contributed by atoms with Gasteiger partial charge in [0.05, 0.1) is 0 Å². The first kappa shape index (κ1) is 11.0. The first-order valence-corrected chi connectivity index (χ1v) is 7.17. The number of aromatic amines is 1. The minimum atomic E-state index is -3.89. The van der Waals surface area contributed by atoms with Gasteiger partial charge < -0.3 is 4.98 Å². The van der Waals surface area contributed by atoms with Crippen LogP contribution >= 0.6 is 0 Å². The molecule has 9 heteroatoms. The van der Waals surface area contributed by atoms with Crippen LogP contribution in [0.3, 0.4) is 0 Å². The summed E-state index contributed by atoms with van der Waals surface area (Å²) in [5.74, 6) is -0.00588. The normalized spacial score (nSPS) is 12.6. The number of hydrogen-bond acceptors (Lipinski definition) is 5. The topological polar surface area (TPSA) is 109 Å². The van der Waals surface area contributed by atoms with E-state index in [2.05, 4.69) is 9.97 Å². The fourth-order valence-corrected chi connectivity index (χ4v) is 3.68. The minimum absolute atomic E-state index is 0.00588. The Balaban J connectivity index is 2.79. The minimum Gasteiger partial charge on any atom is -0.330 e. The monoisotopic (exact) mass is 239 g/mol. The quantitative estimate of drug-likeness (QED) is 0.711. The molecule has 1 aromatic heterocycles. The summed E-state index contributed by atoms with van der Waals surface area (Å²) >= 11 is 0. The lowest BCUT2D eigenvalue weighted by Crippen LogP contribution is -2.22. The van der Waals surface area contributed by atoms with Gasteiger partial charge in [0.25, 0.3) is 0 Å². The number of sulfonamides is 1. The summed E-state index contributed by atoms with van der Waals surface area (Å²) < 4.78 is 45.8. The first-order valence-electron chi connectivity index (χ1n) is 3.46. The van der Waals surface area contributed by atoms with Crippen LogP contribution in [0.5, 0.6) is 0 Å². The highest BCUT2D eigenvalue weighted by Crippen LogP contribution is 2.02. The van der Waals surface area contributed by atoms with E-state index >= 15 is 0 Å². The number of aromatic nitrogens is 2. The summed E-state index contributed by atoms with van der Waals surface area (Å²) in [5.41, 5.74) is 0. The van der Waals surface area contributed by atoms with Crippen LogP contribution in [-0.2, 0) is 19.9 Å². The van der Waals surface area contributed by atoms with Gasteiger partial charge in [-0.1, -0.05) is 0 Å². The van der Waals surface area contributed by atoms with Crippen LogP contribution in [0.4, 0.5) is 5.95 Å². The van der Waals surface area contributed by atoms with E-state index in [1.807, 2.05) is 4.72 Å². The molecule has 0 aromatic carbocycles. The molecule has 0 fully saturated rings. The van der Waals surface area contributed by atoms with Crippen molar-refractivity contribution in [2.45, 2.75) is 0 Å². The van der Waals surface area contributed by atoms with Gasteiger partial charge in [-0.05, 0) is 0 Å². The molecule has 0 amide bonds. The number of sulfone groups is 1. The van der Waals surface area contributed by atoms with Gasteiger partial charge >= 0.3 is 0 Å². The van der Waals surface area contributed by atoms with Crippen molar-refractivity contribution in [3.05, 3.63) is 12.4 Å². The zero-order valence-electron chi connectivity index (χ0n) is 7.26. The van der Waals surface area contributed by atoms with Crippen molar-refractivity contribution in [1.29, 1.82) is 0 Å². The highest BCUT2D eigenvalue weighted by molar-refractivity contribution is 8.08. The van der Waals surface area contributed by atoms with E-state index in [9.17, 15) is 16.8 Å². The SMILES string of the molecule is CS(=O)(=O)CS(=O)(=O)Nc1ncc[nH]1. The predicted octanol–water partition coefficient (Wildman–Crippen LogP) is -0.847. The van der Waals surface area contributed by atoms with Crippen molar-refractivity contribution in [2.24, 2.45) is 0 Å². The molecule has 1 aromatic rings. The maximum atomic E-state index is 11.2. The molecule has 0 unspecified atom stereocenters. The molecule has 1 rings (SSSR count). The summed E-state index contributed by atoms with van der Waals surface area (Å²) in [5, 5.41) is -0.958. The Kier molecular flexibility index (Phi) is 2.81. The Morgan fingerprint density at radius 1 is 1.43 bits per heavy atom. The summed E-state index contributed by atoms with van der Waals surface area (Å²) in [4.78, 5) is 6.07. The molecule has 1 heterocycles. The lowest BCUT2D eigenvalue weighted by atomic mass is 11.0. The lowest BCUT2D eigenvalue weighted by molar-refractivity contribution is 0.594. The highest BCUT2D eigenvalue weighted by atomic mass is 32.3. The molecule has 0 bridgehead atoms. The second-order valence-electron chi connectivity index (χ2n) is 2.70. The molecule has 0 aliphatic heterocycles. The maximum absolute atomic E-state index is 11.2. The average molecular weight is 239 g/mol. The Labute approximate surface area is 81.5 Å². The van der Waals surface area contributed by atoms with E-state index in [1.54, 1.807) is 0 Å². The molecular formula is C5H9N3O4S2. The van der Waals surface area contributed by atoms with Gasteiger partial charge in [-0.2, -0.15) is 0 Å². The number of nitrogens with one attached hydrogen (secondary N) is 2. The van der Waals surface area contributed by atoms with Crippen molar-refractivity contribution in [3.63, 3.8) is 0 Å². The molecule has 0 aliphatic rings. The molecule has 0 atom stereocenters. The average Bonchev–Trinajstić information content (AvgIpc) is 2.31. The van der Waals surface area contributed by atoms with E-state index in [4.69, 9.17) is 0 Å². The number of rotatable bonds is 4. The van der Waals surface area contributed by atoms with Gasteiger partial charge in [0, 0.05) is 18.6 Å². The molecule has 0 radical (unpaired) electrons. The van der Waals surface area contributed by atoms with Crippen LogP contribution in [0.25, 0.3) is 0 Å². The fourth-order valence-electron chi connectivity index (χ4n) is 0.780. The van der Waals surface area contributed by atoms with Gasteiger partial charge in [-0.25, -0.2) is 21.8 Å². The maximum Gasteiger partial charge on any atom is 0.249 e. The summed E-state index contributed by atoms with van der Waals surface area (Å²) in [6.07, 6.45) is 3.60. The standard InChI is InChI=1S/C5H9N3O4S2/c1-13(9,10)4-14(11,12)8-5-6-2-3-7-5/h2-3H,4H2,1H3,(H2,6,7,8). The predicted molar refractivity (Wildman–Crippen MR) is 50.8 cm³/mol. The third kappa shape index (κ3) is 3.75. The third-order valence-corrected chi connectivity index (χ3v) is 4.58. The van der Waals surface area contributed by atoms with E-state index in [-0.39, 0.29) is 5.95 Å². The van der Waals surface area contributed by atoms with Crippen molar-refractivity contribution >= 4 is 25.8 Å². The number of H-pyrrole nitrogens is 1. The van der Waals surface area contributed by atoms with E-state index in [0.29, 0.717) is 0 Å². The second kappa shape index (κ2) is 3.58. The molecule has 2 N–H and O–H groups in total. The van der Waals surface area contributed by atoms with Crippen molar-refractivity contribution in [2.75, 3.05) is 16.1 Å². The second-order valence-corrected chi connectivity index (χ2v) is 6.93. The zero-order valence-corrected chi connectivity index (χ0v) is 8.89. The molecule has 80 valence electrons. The van der Waals surface area contributed by atoms with Gasteiger partial charge in [0.1, 0.15) is 0 Å². The first-order chi connectivity index (χ1) is 6.29. The molecule has 0 saturated carbocycles. The van der Waals surface area contributed by atoms with Crippen LogP contribution in [0.15, 0.2) is 12.4 Å². The van der Waals surface area contributed by atoms with E-state index < -0.39 is 24.9 Å². The van der Waals surface area contributed by atoms with E-state index in [0.717, 1.165) is 6.26 Å². The number of nitrogens with zero attached hydrogens (tertiary/aromatic N) is 1. The fraction of sp³-hybridized carbons (Fsp3) is 0.400. The Bertz CT molecular complexity index is 487. The molecule has 0 spiro atoms. The Morgan fingerprint density at radius 2 is 2.07 bits per heavy atom. The summed E-state index contributed by atoms with van der Waals surface area (Å²) in [7, 11) is -7.47. The molecule has 0 aliphatic carbocycles. The highest BCUT2D eigenvalue weighted by Gasteiger charge is 2.18. The molecule has 14 heavy (non-hydrogen) atoms. The van der Waals surface area contributed by atoms with Gasteiger partial charge in [0.2, 0.25) is 16.0 Å². The van der Waals surface area contributed by atoms with Crippen LogP contribution in [0, 0.1) is 0 Å². The molecular weight excluding hydrogens is 230 g/mol. The lowest BCUT2D eigenvalue weighted by Gasteiger charge is -2.02. The van der Waals surface area contributed by atoms with Crippen LogP contribution in [0.1, 0.15) is 0 Å². The van der Waals surface area contributed by atoms with Gasteiger partial charge in [-0.15, -0.1) is 0 Å². The smallest absolute Gasteiger partial charge is 0.249 e. The Morgan fingerprint density at radius 3 is 2.50 bits per heavy atom.